The van der Waals surface area contributed by atoms with Crippen LogP contribution in [0.15, 0.2) is 58.5 Å². The molecule has 1 aromatic carbocycles. The molecule has 1 aliphatic carbocycles. The van der Waals surface area contributed by atoms with Crippen molar-refractivity contribution in [1.29, 1.82) is 0 Å². The molecule has 42 heavy (non-hydrogen) atoms. The number of aromatic amines is 1. The Morgan fingerprint density at radius 3 is 2.43 bits per heavy atom. The molecule has 0 aliphatic heterocycles. The van der Waals surface area contributed by atoms with E-state index in [0.29, 0.717) is 18.4 Å². The molecular weight excluding hydrogens is 571 g/mol. The van der Waals surface area contributed by atoms with Gasteiger partial charge in [0.25, 0.3) is 11.1 Å². The molecule has 1 atom stereocenters. The molecule has 5 rings (SSSR count). The van der Waals surface area contributed by atoms with Crippen molar-refractivity contribution in [3.05, 3.63) is 86.6 Å². The second kappa shape index (κ2) is 10.6. The number of rotatable bonds is 8. The van der Waals surface area contributed by atoms with E-state index in [1.54, 1.807) is 12.0 Å². The minimum absolute atomic E-state index is 0.00550. The van der Waals surface area contributed by atoms with E-state index in [4.69, 9.17) is 0 Å². The fraction of sp³-hybridized carbons (Fsp3) is 0.357. The molecule has 7 nitrogen and oxygen atoms in total. The summed E-state index contributed by atoms with van der Waals surface area (Å²) in [4.78, 5) is 28.8. The van der Waals surface area contributed by atoms with Gasteiger partial charge < -0.3 is 9.88 Å². The van der Waals surface area contributed by atoms with Gasteiger partial charge in [0.1, 0.15) is 11.4 Å². The zero-order valence-electron chi connectivity index (χ0n) is 22.0. The van der Waals surface area contributed by atoms with Crippen LogP contribution in [0.1, 0.15) is 43.7 Å². The number of alkyl halides is 6. The average molecular weight is 596 g/mol. The van der Waals surface area contributed by atoms with E-state index < -0.39 is 52.0 Å². The average Bonchev–Trinajstić information content (AvgIpc) is 3.72. The monoisotopic (exact) mass is 595 g/mol. The molecule has 0 spiro atoms. The Morgan fingerprint density at radius 1 is 1.07 bits per heavy atom. The number of nitrogens with one attached hydrogen (secondary N) is 2. The van der Waals surface area contributed by atoms with Gasteiger partial charge >= 0.3 is 12.4 Å². The quantitative estimate of drug-likeness (QED) is 0.238. The summed E-state index contributed by atoms with van der Waals surface area (Å²) in [5, 5.41) is 7.91. The van der Waals surface area contributed by atoms with Gasteiger partial charge in [-0.05, 0) is 67.8 Å². The molecule has 0 saturated heterocycles. The van der Waals surface area contributed by atoms with Crippen LogP contribution in [0.2, 0.25) is 0 Å². The Bertz CT molecular complexity index is 1740. The van der Waals surface area contributed by atoms with Crippen molar-refractivity contribution in [2.75, 3.05) is 5.32 Å². The van der Waals surface area contributed by atoms with Crippen LogP contribution in [0, 0.1) is 5.82 Å². The molecule has 1 aliphatic rings. The number of benzene rings is 1. The second-order valence-corrected chi connectivity index (χ2v) is 10.4. The first-order valence-electron chi connectivity index (χ1n) is 13.0. The van der Waals surface area contributed by atoms with E-state index >= 15 is 4.39 Å². The Balaban J connectivity index is 1.29. The van der Waals surface area contributed by atoms with Gasteiger partial charge in [-0.1, -0.05) is 6.07 Å². The van der Waals surface area contributed by atoms with Gasteiger partial charge in [0.2, 0.25) is 0 Å². The lowest BCUT2D eigenvalue weighted by Gasteiger charge is -2.19. The van der Waals surface area contributed by atoms with Crippen molar-refractivity contribution in [2.24, 2.45) is 0 Å². The zero-order chi connectivity index (χ0) is 30.4. The summed E-state index contributed by atoms with van der Waals surface area (Å²) in [7, 11) is 0. The summed E-state index contributed by atoms with van der Waals surface area (Å²) in [5.41, 5.74) is -5.09. The van der Waals surface area contributed by atoms with Crippen molar-refractivity contribution >= 4 is 16.5 Å². The molecule has 0 bridgehead atoms. The lowest BCUT2D eigenvalue weighted by Crippen LogP contribution is -2.28. The van der Waals surface area contributed by atoms with E-state index in [9.17, 15) is 35.9 Å². The minimum Gasteiger partial charge on any atom is -0.381 e. The Kier molecular flexibility index (Phi) is 7.35. The van der Waals surface area contributed by atoms with E-state index in [0.717, 1.165) is 18.5 Å². The van der Waals surface area contributed by atoms with Gasteiger partial charge in [-0.15, -0.1) is 0 Å². The molecule has 222 valence electrons. The highest BCUT2D eigenvalue weighted by Gasteiger charge is 2.64. The number of halogens is 7. The third kappa shape index (κ3) is 5.49. The molecule has 4 aromatic rings. The number of hydrogen-bond donors (Lipinski definition) is 2. The van der Waals surface area contributed by atoms with Crippen LogP contribution in [0.4, 0.5) is 36.4 Å². The number of fused-ring (bicyclic) bond motifs is 1. The largest absolute Gasteiger partial charge is 0.423 e. The Hall–Kier alpha value is -4.23. The van der Waals surface area contributed by atoms with Crippen LogP contribution < -0.4 is 16.4 Å². The van der Waals surface area contributed by atoms with Crippen LogP contribution in [0.5, 0.6) is 0 Å². The van der Waals surface area contributed by atoms with Crippen molar-refractivity contribution in [1.82, 2.24) is 19.7 Å². The molecular formula is C28H24F7N5O2. The number of aryl methyl sites for hydroxylation is 1. The molecule has 3 aromatic heterocycles. The van der Waals surface area contributed by atoms with Crippen LogP contribution in [0.25, 0.3) is 22.0 Å². The third-order valence-electron chi connectivity index (χ3n) is 7.51. The number of pyridine rings is 2. The smallest absolute Gasteiger partial charge is 0.381 e. The lowest BCUT2D eigenvalue weighted by molar-refractivity contribution is -0.160. The van der Waals surface area contributed by atoms with Crippen LogP contribution in [-0.2, 0) is 18.1 Å². The van der Waals surface area contributed by atoms with E-state index in [1.807, 2.05) is 0 Å². The Labute approximate surface area is 233 Å². The van der Waals surface area contributed by atoms with Gasteiger partial charge in [0.05, 0.1) is 28.4 Å². The number of aromatic nitrogens is 4. The summed E-state index contributed by atoms with van der Waals surface area (Å²) in [6.07, 6.45) is -5.12. The fourth-order valence-corrected chi connectivity index (χ4v) is 5.09. The maximum absolute atomic E-state index is 15.1. The van der Waals surface area contributed by atoms with Gasteiger partial charge in [0.15, 0.2) is 0 Å². The van der Waals surface area contributed by atoms with Gasteiger partial charge in [-0.2, -0.15) is 31.4 Å². The van der Waals surface area contributed by atoms with Crippen molar-refractivity contribution in [3.8, 4) is 11.3 Å². The first-order chi connectivity index (χ1) is 19.7. The van der Waals surface area contributed by atoms with E-state index in [1.165, 1.54) is 35.0 Å². The SMILES string of the molecule is C[C@@H](CCCn1ccc2cc(-c3ccc(C4(C(F)(F)F)CC4)cn3)cc(F)c2c1=O)Nc1cn[nH]c(=O)c1C(F)(F)F. The molecule has 0 amide bonds. The summed E-state index contributed by atoms with van der Waals surface area (Å²) >= 11 is 0. The number of H-pyrrole nitrogens is 1. The number of anilines is 1. The van der Waals surface area contributed by atoms with Crippen LogP contribution in [0.3, 0.4) is 0 Å². The third-order valence-corrected chi connectivity index (χ3v) is 7.51. The zero-order valence-corrected chi connectivity index (χ0v) is 22.0. The molecule has 14 heteroatoms. The molecule has 1 fully saturated rings. The molecule has 0 unspecified atom stereocenters. The van der Waals surface area contributed by atoms with Crippen molar-refractivity contribution < 1.29 is 30.7 Å². The minimum atomic E-state index is -4.88. The predicted octanol–water partition coefficient (Wildman–Crippen LogP) is 6.18. The second-order valence-electron chi connectivity index (χ2n) is 10.4. The van der Waals surface area contributed by atoms with Crippen molar-refractivity contribution in [3.63, 3.8) is 0 Å². The highest BCUT2D eigenvalue weighted by Crippen LogP contribution is 2.58. The Morgan fingerprint density at radius 2 is 1.81 bits per heavy atom. The molecule has 3 heterocycles. The normalized spacial score (nSPS) is 15.5. The summed E-state index contributed by atoms with van der Waals surface area (Å²) in [6.45, 7) is 1.76. The first kappa shape index (κ1) is 29.3. The van der Waals surface area contributed by atoms with Crippen LogP contribution in [-0.4, -0.2) is 32.0 Å². The maximum atomic E-state index is 15.1. The highest BCUT2D eigenvalue weighted by molar-refractivity contribution is 5.86. The first-order valence-corrected chi connectivity index (χ1v) is 13.0. The molecule has 2 N–H and O–H groups in total. The fourth-order valence-electron chi connectivity index (χ4n) is 5.09. The summed E-state index contributed by atoms with van der Waals surface area (Å²) in [5.74, 6) is -0.821. The summed E-state index contributed by atoms with van der Waals surface area (Å²) in [6, 6.07) is 6.39. The lowest BCUT2D eigenvalue weighted by atomic mass is 9.96. The van der Waals surface area contributed by atoms with Gasteiger partial charge in [0, 0.05) is 30.5 Å². The number of nitrogens with zero attached hydrogens (tertiary/aromatic N) is 3. The van der Waals surface area contributed by atoms with E-state index in [-0.39, 0.29) is 41.4 Å². The molecule has 0 radical (unpaired) electrons. The van der Waals surface area contributed by atoms with E-state index in [2.05, 4.69) is 15.4 Å². The topological polar surface area (TPSA) is 92.7 Å². The van der Waals surface area contributed by atoms with Gasteiger partial charge in [-0.3, -0.25) is 14.6 Å². The van der Waals surface area contributed by atoms with Gasteiger partial charge in [-0.25, -0.2) is 9.49 Å². The highest BCUT2D eigenvalue weighted by atomic mass is 19.4. The maximum Gasteiger partial charge on any atom is 0.423 e. The van der Waals surface area contributed by atoms with Crippen molar-refractivity contribution in [2.45, 2.75) is 63.0 Å². The summed E-state index contributed by atoms with van der Waals surface area (Å²) < 4.78 is 96.4. The van der Waals surface area contributed by atoms with Crippen LogP contribution >= 0.6 is 0 Å². The number of hydrogen-bond acceptors (Lipinski definition) is 5. The predicted molar refractivity (Wildman–Crippen MR) is 141 cm³/mol. The standard InChI is InChI=1S/C28H24F7N5O2/c1-15(38-21-14-37-39-24(41)23(21)27(30,31)32)3-2-9-40-10-6-16-11-17(12-19(29)22(16)25(40)42)20-5-4-18(13-36-20)26(7-8-26)28(33,34)35/h4-6,10-15H,2-3,7-9H2,1H3,(H2,38,39,41)/t15-/m0/s1. The molecule has 1 saturated carbocycles.